The molecule has 3 aromatic carbocycles. The summed E-state index contributed by atoms with van der Waals surface area (Å²) in [6.45, 7) is 1.80. The molecule has 0 fully saturated rings. The first kappa shape index (κ1) is 26.8. The average molecular weight is 561 g/mol. The van der Waals surface area contributed by atoms with E-state index in [0.29, 0.717) is 49.5 Å². The molecule has 0 bridgehead atoms. The van der Waals surface area contributed by atoms with Gasteiger partial charge in [0.25, 0.3) is 5.91 Å². The van der Waals surface area contributed by atoms with Crippen molar-refractivity contribution in [1.82, 2.24) is 20.1 Å². The van der Waals surface area contributed by atoms with Gasteiger partial charge in [0, 0.05) is 16.8 Å². The van der Waals surface area contributed by atoms with Crippen LogP contribution in [0, 0.1) is 5.82 Å². The summed E-state index contributed by atoms with van der Waals surface area (Å²) < 4.78 is 25.7. The number of nitrogens with zero attached hydrogens (tertiary/aromatic N) is 3. The molecule has 0 aliphatic heterocycles. The number of carbonyl (C=O) groups excluding carboxylic acids is 1. The zero-order chi connectivity index (χ0) is 26.5. The third-order valence-corrected chi connectivity index (χ3v) is 7.02. The fraction of sp³-hybridized carbons (Fsp3) is 0.192. The second-order valence-electron chi connectivity index (χ2n) is 7.95. The van der Waals surface area contributed by atoms with Crippen LogP contribution in [-0.4, -0.2) is 34.9 Å². The van der Waals surface area contributed by atoms with Gasteiger partial charge in [0.2, 0.25) is 0 Å². The molecule has 11 heteroatoms. The van der Waals surface area contributed by atoms with Crippen molar-refractivity contribution in [2.45, 2.75) is 23.9 Å². The Bertz CT molecular complexity index is 1420. The van der Waals surface area contributed by atoms with Gasteiger partial charge in [-0.3, -0.25) is 9.36 Å². The Hall–Kier alpha value is -3.27. The largest absolute Gasteiger partial charge is 0.497 e. The quantitative estimate of drug-likeness (QED) is 0.235. The minimum atomic E-state index is -0.557. The van der Waals surface area contributed by atoms with Gasteiger partial charge in [-0.25, -0.2) is 4.39 Å². The molecular formula is C26H23Cl2FN4O3S. The summed E-state index contributed by atoms with van der Waals surface area (Å²) in [7, 11) is 3.02. The summed E-state index contributed by atoms with van der Waals surface area (Å²) in [6.07, 6.45) is 0. The van der Waals surface area contributed by atoms with Gasteiger partial charge in [-0.05, 0) is 55.0 Å². The Labute approximate surface area is 227 Å². The van der Waals surface area contributed by atoms with Gasteiger partial charge in [0.15, 0.2) is 11.0 Å². The number of halogens is 3. The first-order valence-corrected chi connectivity index (χ1v) is 12.9. The zero-order valence-corrected chi connectivity index (χ0v) is 22.5. The maximum Gasteiger partial charge on any atom is 0.255 e. The van der Waals surface area contributed by atoms with Gasteiger partial charge in [-0.15, -0.1) is 10.2 Å². The molecule has 1 atom stereocenters. The van der Waals surface area contributed by atoms with Crippen LogP contribution >= 0.6 is 35.0 Å². The highest BCUT2D eigenvalue weighted by atomic mass is 35.5. The van der Waals surface area contributed by atoms with Crippen molar-refractivity contribution in [3.05, 3.63) is 93.5 Å². The number of ether oxygens (including phenoxy) is 2. The minimum absolute atomic E-state index is 0.301. The number of aromatic nitrogens is 3. The van der Waals surface area contributed by atoms with E-state index in [-0.39, 0.29) is 11.7 Å². The van der Waals surface area contributed by atoms with Crippen molar-refractivity contribution in [2.24, 2.45) is 0 Å². The highest BCUT2D eigenvalue weighted by molar-refractivity contribution is 7.98. The van der Waals surface area contributed by atoms with E-state index < -0.39 is 6.04 Å². The van der Waals surface area contributed by atoms with Crippen LogP contribution in [0.5, 0.6) is 11.5 Å². The molecule has 37 heavy (non-hydrogen) atoms. The first-order chi connectivity index (χ1) is 17.8. The summed E-state index contributed by atoms with van der Waals surface area (Å²) >= 11 is 14.1. The summed E-state index contributed by atoms with van der Waals surface area (Å²) in [6, 6.07) is 15.7. The first-order valence-electron chi connectivity index (χ1n) is 11.1. The molecule has 7 nitrogen and oxygen atoms in total. The van der Waals surface area contributed by atoms with Crippen molar-refractivity contribution in [3.63, 3.8) is 0 Å². The predicted octanol–water partition coefficient (Wildman–Crippen LogP) is 6.51. The van der Waals surface area contributed by atoms with E-state index in [4.69, 9.17) is 32.7 Å². The number of nitrogens with one attached hydrogen (secondary N) is 1. The summed E-state index contributed by atoms with van der Waals surface area (Å²) in [4.78, 5) is 13.1. The molecule has 0 aliphatic rings. The molecule has 0 spiro atoms. The van der Waals surface area contributed by atoms with Crippen molar-refractivity contribution >= 4 is 40.9 Å². The zero-order valence-electron chi connectivity index (χ0n) is 20.2. The number of hydrogen-bond acceptors (Lipinski definition) is 6. The molecule has 0 radical (unpaired) electrons. The molecular weight excluding hydrogens is 538 g/mol. The molecule has 1 heterocycles. The number of methoxy groups -OCH3 is 2. The number of hydrogen-bond donors (Lipinski definition) is 1. The molecule has 4 aromatic rings. The Morgan fingerprint density at radius 3 is 2.49 bits per heavy atom. The summed E-state index contributed by atoms with van der Waals surface area (Å²) in [5, 5.41) is 13.1. The fourth-order valence-electron chi connectivity index (χ4n) is 3.60. The second-order valence-corrected chi connectivity index (χ2v) is 9.73. The maximum atomic E-state index is 13.3. The highest BCUT2D eigenvalue weighted by Crippen LogP contribution is 2.33. The van der Waals surface area contributed by atoms with E-state index >= 15 is 0 Å². The molecule has 0 aliphatic carbocycles. The lowest BCUT2D eigenvalue weighted by molar-refractivity contribution is 0.0935. The summed E-state index contributed by atoms with van der Waals surface area (Å²) in [5.41, 5.74) is 1.87. The lowest BCUT2D eigenvalue weighted by Gasteiger charge is -2.18. The molecule has 1 unspecified atom stereocenters. The number of thioether (sulfide) groups is 1. The molecule has 1 N–H and O–H groups in total. The molecule has 1 aromatic heterocycles. The van der Waals surface area contributed by atoms with E-state index in [9.17, 15) is 9.18 Å². The number of amides is 1. The van der Waals surface area contributed by atoms with Gasteiger partial charge in [-0.1, -0.05) is 47.1 Å². The van der Waals surface area contributed by atoms with E-state index in [2.05, 4.69) is 15.5 Å². The molecule has 192 valence electrons. The third-order valence-electron chi connectivity index (χ3n) is 5.48. The van der Waals surface area contributed by atoms with E-state index in [1.54, 1.807) is 60.0 Å². The van der Waals surface area contributed by atoms with Gasteiger partial charge in [0.05, 0.1) is 36.5 Å². The van der Waals surface area contributed by atoms with E-state index in [1.165, 1.54) is 38.1 Å². The van der Waals surface area contributed by atoms with Crippen LogP contribution in [0.4, 0.5) is 4.39 Å². The third kappa shape index (κ3) is 6.18. The number of carbonyl (C=O) groups is 1. The Morgan fingerprint density at radius 2 is 1.81 bits per heavy atom. The topological polar surface area (TPSA) is 78.3 Å². The lowest BCUT2D eigenvalue weighted by Crippen LogP contribution is -2.29. The second kappa shape index (κ2) is 11.9. The molecule has 0 saturated heterocycles. The molecule has 0 saturated carbocycles. The van der Waals surface area contributed by atoms with Crippen LogP contribution in [0.2, 0.25) is 10.0 Å². The van der Waals surface area contributed by atoms with Gasteiger partial charge in [0.1, 0.15) is 17.3 Å². The average Bonchev–Trinajstić information content (AvgIpc) is 3.31. The van der Waals surface area contributed by atoms with Crippen molar-refractivity contribution in [1.29, 1.82) is 0 Å². The maximum absolute atomic E-state index is 13.3. The van der Waals surface area contributed by atoms with Crippen LogP contribution in [0.3, 0.4) is 0 Å². The highest BCUT2D eigenvalue weighted by Gasteiger charge is 2.24. The minimum Gasteiger partial charge on any atom is -0.497 e. The number of rotatable bonds is 9. The standard InChI is InChI=1S/C26H23Cl2FN4O3S/c1-15(30-25(34)20-10-9-19(35-2)13-23(20)36-3)24-31-32-26(37-14-16-4-7-18(29)8-5-16)33(24)22-11-6-17(27)12-21(22)28/h4-13,15H,14H2,1-3H3,(H,30,34). The van der Waals surface area contributed by atoms with Crippen LogP contribution in [0.1, 0.15) is 34.7 Å². The van der Waals surface area contributed by atoms with Crippen LogP contribution in [0.15, 0.2) is 65.8 Å². The van der Waals surface area contributed by atoms with Crippen LogP contribution in [-0.2, 0) is 5.75 Å². The number of benzene rings is 3. The summed E-state index contributed by atoms with van der Waals surface area (Å²) in [5.74, 6) is 1.28. The van der Waals surface area contributed by atoms with Crippen molar-refractivity contribution < 1.29 is 18.7 Å². The van der Waals surface area contributed by atoms with Crippen LogP contribution in [0.25, 0.3) is 5.69 Å². The monoisotopic (exact) mass is 560 g/mol. The molecule has 4 rings (SSSR count). The predicted molar refractivity (Wildman–Crippen MR) is 143 cm³/mol. The normalized spacial score (nSPS) is 11.7. The Balaban J connectivity index is 1.65. The SMILES string of the molecule is COc1ccc(C(=O)NC(C)c2nnc(SCc3ccc(F)cc3)n2-c2ccc(Cl)cc2Cl)c(OC)c1. The van der Waals surface area contributed by atoms with Gasteiger partial charge < -0.3 is 14.8 Å². The smallest absolute Gasteiger partial charge is 0.255 e. The van der Waals surface area contributed by atoms with Crippen molar-refractivity contribution in [2.75, 3.05) is 14.2 Å². The Morgan fingerprint density at radius 1 is 1.05 bits per heavy atom. The van der Waals surface area contributed by atoms with E-state index in [1.807, 2.05) is 0 Å². The van der Waals surface area contributed by atoms with Gasteiger partial charge >= 0.3 is 0 Å². The van der Waals surface area contributed by atoms with Crippen LogP contribution < -0.4 is 14.8 Å². The fourth-order valence-corrected chi connectivity index (χ4v) is 5.00. The molecule has 1 amide bonds. The van der Waals surface area contributed by atoms with Gasteiger partial charge in [-0.2, -0.15) is 0 Å². The van der Waals surface area contributed by atoms with E-state index in [0.717, 1.165) is 5.56 Å². The lowest BCUT2D eigenvalue weighted by atomic mass is 10.1. The van der Waals surface area contributed by atoms with Crippen molar-refractivity contribution in [3.8, 4) is 17.2 Å². The Kier molecular flexibility index (Phi) is 8.58.